The van der Waals surface area contributed by atoms with E-state index >= 15 is 0 Å². The molecule has 1 fully saturated rings. The molecule has 5 rings (SSSR count). The largest absolute Gasteiger partial charge is 0.493 e. The normalized spacial score (nSPS) is 16.7. The van der Waals surface area contributed by atoms with Gasteiger partial charge in [0.1, 0.15) is 0 Å². The van der Waals surface area contributed by atoms with E-state index < -0.39 is 6.10 Å². The maximum Gasteiger partial charge on any atom is 0.261 e. The Bertz CT molecular complexity index is 1330. The SMILES string of the molecule is COc1cc(COC[C@@H](O)CN2CCN(CCN3C(=O)c4cccc5cccc(c45)C3=O)CC2)cc(OC)c1OC. The van der Waals surface area contributed by atoms with Crippen molar-refractivity contribution in [2.45, 2.75) is 12.7 Å². The van der Waals surface area contributed by atoms with Gasteiger partial charge in [-0.15, -0.1) is 0 Å². The van der Waals surface area contributed by atoms with Crippen molar-refractivity contribution in [1.82, 2.24) is 14.7 Å². The van der Waals surface area contributed by atoms with Gasteiger partial charge in [-0.3, -0.25) is 24.3 Å². The average molecular weight is 564 g/mol. The number of nitrogens with zero attached hydrogens (tertiary/aromatic N) is 3. The first-order valence-corrected chi connectivity index (χ1v) is 13.8. The van der Waals surface area contributed by atoms with Crippen LogP contribution >= 0.6 is 0 Å². The van der Waals surface area contributed by atoms with E-state index in [2.05, 4.69) is 9.80 Å². The van der Waals surface area contributed by atoms with Crippen LogP contribution in [0.1, 0.15) is 26.3 Å². The number of rotatable bonds is 12. The molecule has 2 amide bonds. The molecular formula is C31H37N3O7. The van der Waals surface area contributed by atoms with Crippen LogP contribution in [0.4, 0.5) is 0 Å². The molecule has 0 spiro atoms. The third-order valence-corrected chi connectivity index (χ3v) is 7.73. The van der Waals surface area contributed by atoms with Crippen molar-refractivity contribution < 1.29 is 33.6 Å². The first-order valence-electron chi connectivity index (χ1n) is 13.8. The van der Waals surface area contributed by atoms with E-state index in [4.69, 9.17) is 18.9 Å². The van der Waals surface area contributed by atoms with E-state index in [9.17, 15) is 14.7 Å². The summed E-state index contributed by atoms with van der Waals surface area (Å²) < 4.78 is 21.9. The molecule has 0 aliphatic carbocycles. The molecule has 1 saturated heterocycles. The van der Waals surface area contributed by atoms with Gasteiger partial charge in [0.15, 0.2) is 11.5 Å². The van der Waals surface area contributed by atoms with E-state index in [0.717, 1.165) is 42.5 Å². The molecule has 0 saturated carbocycles. The average Bonchev–Trinajstić information content (AvgIpc) is 2.99. The van der Waals surface area contributed by atoms with Crippen LogP contribution in [0, 0.1) is 0 Å². The van der Waals surface area contributed by atoms with E-state index in [1.54, 1.807) is 33.5 Å². The van der Waals surface area contributed by atoms with Gasteiger partial charge in [0.25, 0.3) is 11.8 Å². The minimum atomic E-state index is -0.630. The molecule has 3 aromatic carbocycles. The van der Waals surface area contributed by atoms with Crippen molar-refractivity contribution >= 4 is 22.6 Å². The molecule has 3 aromatic rings. The minimum absolute atomic E-state index is 0.199. The van der Waals surface area contributed by atoms with Gasteiger partial charge in [0.2, 0.25) is 5.75 Å². The van der Waals surface area contributed by atoms with Gasteiger partial charge in [-0.1, -0.05) is 24.3 Å². The van der Waals surface area contributed by atoms with Crippen molar-refractivity contribution in [1.29, 1.82) is 0 Å². The van der Waals surface area contributed by atoms with Crippen LogP contribution in [0.5, 0.6) is 17.2 Å². The van der Waals surface area contributed by atoms with Gasteiger partial charge in [-0.2, -0.15) is 0 Å². The molecule has 0 bridgehead atoms. The lowest BCUT2D eigenvalue weighted by molar-refractivity contribution is 0.000892. The molecule has 0 radical (unpaired) electrons. The molecule has 41 heavy (non-hydrogen) atoms. The van der Waals surface area contributed by atoms with Crippen LogP contribution in [-0.2, 0) is 11.3 Å². The van der Waals surface area contributed by atoms with Gasteiger partial charge in [-0.25, -0.2) is 0 Å². The zero-order valence-electron chi connectivity index (χ0n) is 23.8. The van der Waals surface area contributed by atoms with Crippen LogP contribution in [-0.4, -0.2) is 111 Å². The number of imide groups is 1. The number of hydrogen-bond acceptors (Lipinski definition) is 9. The van der Waals surface area contributed by atoms with Gasteiger partial charge in [0, 0.05) is 62.3 Å². The summed E-state index contributed by atoms with van der Waals surface area (Å²) in [4.78, 5) is 32.1. The molecule has 2 heterocycles. The van der Waals surface area contributed by atoms with Crippen molar-refractivity contribution in [3.05, 3.63) is 65.2 Å². The molecule has 10 heteroatoms. The Morgan fingerprint density at radius 2 is 1.39 bits per heavy atom. The third-order valence-electron chi connectivity index (χ3n) is 7.73. The summed E-state index contributed by atoms with van der Waals surface area (Å²) in [5.74, 6) is 1.18. The van der Waals surface area contributed by atoms with Gasteiger partial charge >= 0.3 is 0 Å². The van der Waals surface area contributed by atoms with Crippen molar-refractivity contribution in [2.75, 3.05) is 73.7 Å². The number of β-amino-alcohol motifs (C(OH)–C–C–N with tert-alkyl or cyclic N) is 1. The quantitative estimate of drug-likeness (QED) is 0.333. The molecule has 218 valence electrons. The van der Waals surface area contributed by atoms with Gasteiger partial charge in [0.05, 0.1) is 40.6 Å². The highest BCUT2D eigenvalue weighted by atomic mass is 16.5. The van der Waals surface area contributed by atoms with Crippen LogP contribution in [0.2, 0.25) is 0 Å². The standard InChI is InChI=1S/C31H37N3O7/c1-38-26-16-21(17-27(39-2)29(26)40-3)19-41-20-23(35)18-33-12-10-32(11-13-33)14-15-34-30(36)24-8-4-6-22-7-5-9-25(28(22)24)31(34)37/h4-9,16-17,23,35H,10-15,18-20H2,1-3H3/t23-/m0/s1. The predicted octanol–water partition coefficient (Wildman–Crippen LogP) is 2.66. The smallest absolute Gasteiger partial charge is 0.261 e. The second-order valence-electron chi connectivity index (χ2n) is 10.3. The maximum atomic E-state index is 13.2. The molecule has 10 nitrogen and oxygen atoms in total. The van der Waals surface area contributed by atoms with Gasteiger partial charge < -0.3 is 24.1 Å². The second-order valence-corrected chi connectivity index (χ2v) is 10.3. The summed E-state index contributed by atoms with van der Waals surface area (Å²) in [6.07, 6.45) is -0.630. The predicted molar refractivity (Wildman–Crippen MR) is 154 cm³/mol. The Morgan fingerprint density at radius 1 is 0.805 bits per heavy atom. The summed E-state index contributed by atoms with van der Waals surface area (Å²) in [6, 6.07) is 14.8. The highest BCUT2D eigenvalue weighted by Crippen LogP contribution is 2.38. The van der Waals surface area contributed by atoms with Crippen LogP contribution in [0.15, 0.2) is 48.5 Å². The summed E-state index contributed by atoms with van der Waals surface area (Å²) >= 11 is 0. The summed E-state index contributed by atoms with van der Waals surface area (Å²) in [7, 11) is 4.69. The topological polar surface area (TPSA) is 101 Å². The lowest BCUT2D eigenvalue weighted by Gasteiger charge is -2.36. The highest BCUT2D eigenvalue weighted by Gasteiger charge is 2.33. The number of hydrogen-bond donors (Lipinski definition) is 1. The number of ether oxygens (including phenoxy) is 4. The molecule has 2 aliphatic rings. The van der Waals surface area contributed by atoms with E-state index in [1.165, 1.54) is 4.90 Å². The first-order chi connectivity index (χ1) is 19.9. The maximum absolute atomic E-state index is 13.2. The van der Waals surface area contributed by atoms with Crippen LogP contribution in [0.3, 0.4) is 0 Å². The molecule has 0 aromatic heterocycles. The van der Waals surface area contributed by atoms with E-state index in [0.29, 0.717) is 54.6 Å². The lowest BCUT2D eigenvalue weighted by atomic mass is 9.94. The number of carbonyl (C=O) groups excluding carboxylic acids is 2. The number of piperazine rings is 1. The monoisotopic (exact) mass is 563 g/mol. The minimum Gasteiger partial charge on any atom is -0.493 e. The van der Waals surface area contributed by atoms with Crippen LogP contribution in [0.25, 0.3) is 10.8 Å². The Morgan fingerprint density at radius 3 is 1.95 bits per heavy atom. The molecule has 1 atom stereocenters. The fraction of sp³-hybridized carbons (Fsp3) is 0.419. The molecule has 1 N–H and O–H groups in total. The number of aliphatic hydroxyl groups is 1. The first kappa shape index (κ1) is 28.8. The second kappa shape index (κ2) is 12.9. The summed E-state index contributed by atoms with van der Waals surface area (Å²) in [5.41, 5.74) is 2.03. The zero-order chi connectivity index (χ0) is 28.9. The fourth-order valence-electron chi connectivity index (χ4n) is 5.60. The Balaban J connectivity index is 1.06. The Kier molecular flexibility index (Phi) is 9.04. The zero-order valence-corrected chi connectivity index (χ0v) is 23.8. The third kappa shape index (κ3) is 6.15. The number of aliphatic hydroxyl groups excluding tert-OH is 1. The summed E-state index contributed by atoms with van der Waals surface area (Å²) in [6.45, 7) is 5.13. The Hall–Kier alpha value is -3.70. The van der Waals surface area contributed by atoms with Crippen molar-refractivity contribution in [3.63, 3.8) is 0 Å². The van der Waals surface area contributed by atoms with E-state index in [1.807, 2.05) is 36.4 Å². The van der Waals surface area contributed by atoms with Crippen molar-refractivity contribution in [2.24, 2.45) is 0 Å². The number of amides is 2. The molecule has 0 unspecified atom stereocenters. The fourth-order valence-corrected chi connectivity index (χ4v) is 5.60. The van der Waals surface area contributed by atoms with Crippen molar-refractivity contribution in [3.8, 4) is 17.2 Å². The van der Waals surface area contributed by atoms with E-state index in [-0.39, 0.29) is 18.4 Å². The Labute approximate surface area is 239 Å². The number of methoxy groups -OCH3 is 3. The van der Waals surface area contributed by atoms with Crippen LogP contribution < -0.4 is 14.2 Å². The lowest BCUT2D eigenvalue weighted by Crippen LogP contribution is -2.51. The number of carbonyl (C=O) groups is 2. The van der Waals surface area contributed by atoms with Gasteiger partial charge in [-0.05, 0) is 35.2 Å². The number of benzene rings is 3. The molecular weight excluding hydrogens is 526 g/mol. The highest BCUT2D eigenvalue weighted by molar-refractivity contribution is 6.25. The molecule has 2 aliphatic heterocycles. The summed E-state index contributed by atoms with van der Waals surface area (Å²) in [5, 5.41) is 12.2.